The topological polar surface area (TPSA) is 82.2 Å². The van der Waals surface area contributed by atoms with Crippen LogP contribution >= 0.6 is 11.3 Å². The third-order valence-electron chi connectivity index (χ3n) is 3.83. The lowest BCUT2D eigenvalue weighted by Crippen LogP contribution is -2.23. The molecule has 0 unspecified atom stereocenters. The van der Waals surface area contributed by atoms with Crippen LogP contribution < -0.4 is 16.0 Å². The molecule has 0 spiro atoms. The molecule has 0 radical (unpaired) electrons. The zero-order valence-electron chi connectivity index (χ0n) is 11.9. The Kier molecular flexibility index (Phi) is 4.50. The summed E-state index contributed by atoms with van der Waals surface area (Å²) >= 11 is 1.30. The van der Waals surface area contributed by atoms with E-state index in [9.17, 15) is 10.1 Å². The van der Waals surface area contributed by atoms with Gasteiger partial charge in [-0.05, 0) is 18.8 Å². The van der Waals surface area contributed by atoms with Gasteiger partial charge in [-0.3, -0.25) is 4.79 Å². The number of nitrogen functional groups attached to an aromatic ring is 1. The average molecular weight is 292 g/mol. The van der Waals surface area contributed by atoms with Crippen molar-refractivity contribution in [3.8, 4) is 6.07 Å². The van der Waals surface area contributed by atoms with Gasteiger partial charge in [-0.25, -0.2) is 0 Å². The molecule has 1 aromatic rings. The number of carbonyl (C=O) groups excluding carboxylic acids is 1. The Hall–Kier alpha value is -1.74. The number of hydrogen-bond donors (Lipinski definition) is 2. The summed E-state index contributed by atoms with van der Waals surface area (Å²) in [6.45, 7) is 0.918. The van der Waals surface area contributed by atoms with E-state index < -0.39 is 0 Å². The molecule has 2 rings (SSSR count). The molecule has 0 aliphatic heterocycles. The molecule has 1 saturated carbocycles. The lowest BCUT2D eigenvalue weighted by molar-refractivity contribution is 0.0968. The summed E-state index contributed by atoms with van der Waals surface area (Å²) in [4.78, 5) is 14.3. The molecule has 1 heterocycles. The second-order valence-electron chi connectivity index (χ2n) is 5.25. The molecule has 1 fully saturated rings. The summed E-state index contributed by atoms with van der Waals surface area (Å²) < 4.78 is 0. The van der Waals surface area contributed by atoms with E-state index in [1.54, 1.807) is 7.05 Å². The fourth-order valence-corrected chi connectivity index (χ4v) is 3.84. The van der Waals surface area contributed by atoms with E-state index in [1.165, 1.54) is 37.0 Å². The first-order chi connectivity index (χ1) is 9.58. The highest BCUT2D eigenvalue weighted by molar-refractivity contribution is 7.19. The van der Waals surface area contributed by atoms with Gasteiger partial charge in [0.25, 0.3) is 5.91 Å². The largest absolute Gasteiger partial charge is 0.396 e. The summed E-state index contributed by atoms with van der Waals surface area (Å²) in [5, 5.41) is 12.7. The lowest BCUT2D eigenvalue weighted by atomic mass is 10.1. The van der Waals surface area contributed by atoms with Gasteiger partial charge in [0.2, 0.25) is 0 Å². The minimum Gasteiger partial charge on any atom is -0.396 e. The number of thiophene rings is 1. The Morgan fingerprint density at radius 2 is 2.20 bits per heavy atom. The van der Waals surface area contributed by atoms with E-state index in [4.69, 9.17) is 5.73 Å². The second-order valence-corrected chi connectivity index (χ2v) is 6.25. The van der Waals surface area contributed by atoms with Gasteiger partial charge in [0.1, 0.15) is 21.5 Å². The third kappa shape index (κ3) is 2.73. The van der Waals surface area contributed by atoms with Crippen LogP contribution in [-0.4, -0.2) is 26.5 Å². The Bertz CT molecular complexity index is 540. The predicted octanol–water partition coefficient (Wildman–Crippen LogP) is 2.19. The molecular weight excluding hydrogens is 272 g/mol. The van der Waals surface area contributed by atoms with Gasteiger partial charge >= 0.3 is 0 Å². The highest BCUT2D eigenvalue weighted by Crippen LogP contribution is 2.38. The first kappa shape index (κ1) is 14.7. The zero-order chi connectivity index (χ0) is 14.7. The highest BCUT2D eigenvalue weighted by atomic mass is 32.1. The van der Waals surface area contributed by atoms with Gasteiger partial charge in [0.05, 0.1) is 5.69 Å². The minimum absolute atomic E-state index is 0.232. The van der Waals surface area contributed by atoms with Gasteiger partial charge in [-0.2, -0.15) is 5.26 Å². The molecular formula is C14H20N4OS. The van der Waals surface area contributed by atoms with Crippen LogP contribution in [0.2, 0.25) is 0 Å². The second kappa shape index (κ2) is 6.14. The molecule has 0 bridgehead atoms. The van der Waals surface area contributed by atoms with Crippen LogP contribution in [0.15, 0.2) is 0 Å². The minimum atomic E-state index is -0.232. The van der Waals surface area contributed by atoms with Gasteiger partial charge in [0.15, 0.2) is 0 Å². The Morgan fingerprint density at radius 3 is 2.75 bits per heavy atom. The molecule has 1 aliphatic rings. The maximum absolute atomic E-state index is 11.8. The van der Waals surface area contributed by atoms with Crippen LogP contribution in [0.4, 0.5) is 10.7 Å². The van der Waals surface area contributed by atoms with Crippen LogP contribution in [0.5, 0.6) is 0 Å². The SMILES string of the molecule is CNC(=O)c1sc(N(C)CC2CCCC2)c(C#N)c1N. The Balaban J connectivity index is 2.26. The molecule has 3 N–H and O–H groups in total. The van der Waals surface area contributed by atoms with Gasteiger partial charge < -0.3 is 16.0 Å². The van der Waals surface area contributed by atoms with Crippen LogP contribution in [0.1, 0.15) is 40.9 Å². The van der Waals surface area contributed by atoms with E-state index in [0.29, 0.717) is 22.0 Å². The maximum atomic E-state index is 11.8. The number of hydrogen-bond acceptors (Lipinski definition) is 5. The summed E-state index contributed by atoms with van der Waals surface area (Å²) in [5.74, 6) is 0.447. The average Bonchev–Trinajstić information content (AvgIpc) is 3.05. The summed E-state index contributed by atoms with van der Waals surface area (Å²) in [5.41, 5.74) is 6.66. The van der Waals surface area contributed by atoms with Gasteiger partial charge in [-0.15, -0.1) is 11.3 Å². The van der Waals surface area contributed by atoms with Crippen molar-refractivity contribution < 1.29 is 4.79 Å². The molecule has 0 saturated heterocycles. The molecule has 0 aromatic carbocycles. The fourth-order valence-electron chi connectivity index (χ4n) is 2.75. The first-order valence-corrected chi connectivity index (χ1v) is 7.65. The molecule has 5 nitrogen and oxygen atoms in total. The predicted molar refractivity (Wildman–Crippen MR) is 82.1 cm³/mol. The van der Waals surface area contributed by atoms with E-state index >= 15 is 0 Å². The van der Waals surface area contributed by atoms with Crippen molar-refractivity contribution in [1.29, 1.82) is 5.26 Å². The number of nitrogens with one attached hydrogen (secondary N) is 1. The highest BCUT2D eigenvalue weighted by Gasteiger charge is 2.24. The van der Waals surface area contributed by atoms with Crippen LogP contribution in [0, 0.1) is 17.2 Å². The Morgan fingerprint density at radius 1 is 1.55 bits per heavy atom. The van der Waals surface area contributed by atoms with Crippen LogP contribution in [0.3, 0.4) is 0 Å². The molecule has 1 aliphatic carbocycles. The van der Waals surface area contributed by atoms with Crippen molar-refractivity contribution >= 4 is 27.9 Å². The number of anilines is 2. The van der Waals surface area contributed by atoms with Crippen molar-refractivity contribution in [2.45, 2.75) is 25.7 Å². The number of nitriles is 1. The van der Waals surface area contributed by atoms with Crippen molar-refractivity contribution in [3.05, 3.63) is 10.4 Å². The molecule has 20 heavy (non-hydrogen) atoms. The molecule has 1 amide bonds. The standard InChI is InChI=1S/C14H20N4OS/c1-17-13(19)12-11(16)10(7-15)14(20-12)18(2)8-9-5-3-4-6-9/h9H,3-6,8,16H2,1-2H3,(H,17,19). The summed E-state index contributed by atoms with van der Waals surface area (Å²) in [6, 6.07) is 2.13. The normalized spacial score (nSPS) is 15.1. The zero-order valence-corrected chi connectivity index (χ0v) is 12.7. The van der Waals surface area contributed by atoms with Crippen molar-refractivity contribution in [2.24, 2.45) is 5.92 Å². The Labute approximate surface area is 123 Å². The van der Waals surface area contributed by atoms with E-state index in [-0.39, 0.29) is 5.91 Å². The molecule has 1 aromatic heterocycles. The van der Waals surface area contributed by atoms with Gasteiger partial charge in [-0.1, -0.05) is 12.8 Å². The number of nitrogens with two attached hydrogens (primary N) is 1. The number of carbonyl (C=O) groups is 1. The number of amides is 1. The van der Waals surface area contributed by atoms with Crippen LogP contribution in [-0.2, 0) is 0 Å². The van der Waals surface area contributed by atoms with Crippen molar-refractivity contribution in [3.63, 3.8) is 0 Å². The van der Waals surface area contributed by atoms with Gasteiger partial charge in [0, 0.05) is 20.6 Å². The first-order valence-electron chi connectivity index (χ1n) is 6.84. The molecule has 108 valence electrons. The number of rotatable bonds is 4. The maximum Gasteiger partial charge on any atom is 0.263 e. The van der Waals surface area contributed by atoms with E-state index in [2.05, 4.69) is 16.3 Å². The van der Waals surface area contributed by atoms with Crippen LogP contribution in [0.25, 0.3) is 0 Å². The smallest absolute Gasteiger partial charge is 0.263 e. The summed E-state index contributed by atoms with van der Waals surface area (Å²) in [7, 11) is 3.54. The number of nitrogens with zero attached hydrogens (tertiary/aromatic N) is 2. The lowest BCUT2D eigenvalue weighted by Gasteiger charge is -2.21. The third-order valence-corrected chi connectivity index (χ3v) is 5.14. The van der Waals surface area contributed by atoms with E-state index in [0.717, 1.165) is 11.5 Å². The van der Waals surface area contributed by atoms with Crippen molar-refractivity contribution in [1.82, 2.24) is 5.32 Å². The molecule has 0 atom stereocenters. The fraction of sp³-hybridized carbons (Fsp3) is 0.571. The summed E-state index contributed by atoms with van der Waals surface area (Å²) in [6.07, 6.45) is 5.07. The van der Waals surface area contributed by atoms with Crippen molar-refractivity contribution in [2.75, 3.05) is 31.3 Å². The monoisotopic (exact) mass is 292 g/mol. The van der Waals surface area contributed by atoms with E-state index in [1.807, 2.05) is 7.05 Å². The quantitative estimate of drug-likeness (QED) is 0.891. The molecule has 6 heteroatoms.